The highest BCUT2D eigenvalue weighted by atomic mass is 16.6. The number of aromatic nitrogens is 3. The topological polar surface area (TPSA) is 66.2 Å². The number of hydrogen-bond acceptors (Lipinski definition) is 5. The highest BCUT2D eigenvalue weighted by Crippen LogP contribution is 2.39. The molecule has 2 bridgehead atoms. The summed E-state index contributed by atoms with van der Waals surface area (Å²) in [5, 5.41) is 4.09. The highest BCUT2D eigenvalue weighted by Gasteiger charge is 2.45. The molecule has 3 rings (SSSR count). The summed E-state index contributed by atoms with van der Waals surface area (Å²) in [6.45, 7) is 4.30. The molecule has 0 spiro atoms. The molecule has 6 nitrogen and oxygen atoms in total. The number of hydrogen-bond donors (Lipinski definition) is 0. The van der Waals surface area contributed by atoms with Crippen molar-refractivity contribution in [1.82, 2.24) is 14.8 Å². The molecule has 2 fully saturated rings. The molecule has 0 aliphatic carbocycles. The molecule has 4 atom stereocenters. The summed E-state index contributed by atoms with van der Waals surface area (Å²) in [6, 6.07) is 0. The first-order valence-electron chi connectivity index (χ1n) is 6.84. The van der Waals surface area contributed by atoms with Gasteiger partial charge in [-0.05, 0) is 33.1 Å². The molecule has 4 unspecified atom stereocenters. The van der Waals surface area contributed by atoms with Crippen LogP contribution in [-0.2, 0) is 20.8 Å². The monoisotopic (exact) mass is 265 g/mol. The van der Waals surface area contributed by atoms with E-state index in [4.69, 9.17) is 9.47 Å². The van der Waals surface area contributed by atoms with Crippen molar-refractivity contribution in [2.45, 2.75) is 58.0 Å². The fourth-order valence-electron chi connectivity index (χ4n) is 2.95. The van der Waals surface area contributed by atoms with Crippen LogP contribution in [-0.4, -0.2) is 39.0 Å². The van der Waals surface area contributed by atoms with E-state index in [0.717, 1.165) is 25.1 Å². The molecular weight excluding hydrogens is 246 g/mol. The predicted octanol–water partition coefficient (Wildman–Crippen LogP) is 1.09. The van der Waals surface area contributed by atoms with Crippen LogP contribution in [0.2, 0.25) is 0 Å². The Balaban J connectivity index is 1.53. The van der Waals surface area contributed by atoms with Gasteiger partial charge in [-0.1, -0.05) is 0 Å². The number of fused-ring (bicyclic) bond motifs is 2. The van der Waals surface area contributed by atoms with Crippen molar-refractivity contribution in [3.8, 4) is 0 Å². The first-order chi connectivity index (χ1) is 9.13. The first-order valence-corrected chi connectivity index (χ1v) is 6.84. The molecule has 6 heteroatoms. The van der Waals surface area contributed by atoms with Gasteiger partial charge in [0.2, 0.25) is 0 Å². The minimum atomic E-state index is -0.202. The second-order valence-electron chi connectivity index (χ2n) is 5.45. The number of aryl methyl sites for hydroxylation is 1. The number of ether oxygens (including phenoxy) is 2. The van der Waals surface area contributed by atoms with Crippen molar-refractivity contribution in [3.63, 3.8) is 0 Å². The second kappa shape index (κ2) is 4.92. The van der Waals surface area contributed by atoms with Gasteiger partial charge in [-0.25, -0.2) is 9.67 Å². The van der Waals surface area contributed by atoms with E-state index in [0.29, 0.717) is 6.54 Å². The summed E-state index contributed by atoms with van der Waals surface area (Å²) in [5.74, 6) is 0.627. The molecule has 0 radical (unpaired) electrons. The number of carbonyl (C=O) groups excluding carboxylic acids is 1. The Bertz CT molecular complexity index is 473. The molecular formula is C13H19N3O3. The lowest BCUT2D eigenvalue weighted by Crippen LogP contribution is -2.31. The van der Waals surface area contributed by atoms with E-state index in [2.05, 4.69) is 10.1 Å². The quantitative estimate of drug-likeness (QED) is 0.762. The lowest BCUT2D eigenvalue weighted by atomic mass is 9.89. The summed E-state index contributed by atoms with van der Waals surface area (Å²) in [7, 11) is 0. The standard InChI is InChI=1S/C13H19N3O3/c1-8(6-16-9(2)14-7-15-16)18-13(17)11-5-10-3-4-12(11)19-10/h7-8,10-12H,3-6H2,1-2H3. The van der Waals surface area contributed by atoms with E-state index in [1.807, 2.05) is 13.8 Å². The van der Waals surface area contributed by atoms with Gasteiger partial charge in [-0.3, -0.25) is 4.79 Å². The van der Waals surface area contributed by atoms with E-state index >= 15 is 0 Å². The van der Waals surface area contributed by atoms with E-state index in [1.165, 1.54) is 6.33 Å². The van der Waals surface area contributed by atoms with Gasteiger partial charge >= 0.3 is 5.97 Å². The van der Waals surface area contributed by atoms with Crippen LogP contribution in [0.15, 0.2) is 6.33 Å². The van der Waals surface area contributed by atoms with Crippen molar-refractivity contribution in [1.29, 1.82) is 0 Å². The zero-order valence-corrected chi connectivity index (χ0v) is 11.3. The average Bonchev–Trinajstić information content (AvgIpc) is 3.06. The smallest absolute Gasteiger partial charge is 0.312 e. The molecule has 3 heterocycles. The molecule has 2 aliphatic heterocycles. The van der Waals surface area contributed by atoms with Crippen LogP contribution < -0.4 is 0 Å². The molecule has 1 aromatic rings. The lowest BCUT2D eigenvalue weighted by Gasteiger charge is -2.20. The van der Waals surface area contributed by atoms with Gasteiger partial charge in [0.15, 0.2) is 0 Å². The van der Waals surface area contributed by atoms with Gasteiger partial charge in [0, 0.05) is 0 Å². The van der Waals surface area contributed by atoms with Crippen LogP contribution in [0.4, 0.5) is 0 Å². The minimum absolute atomic E-state index is 0.0713. The molecule has 0 aromatic carbocycles. The Morgan fingerprint density at radius 2 is 2.47 bits per heavy atom. The third-order valence-electron chi connectivity index (χ3n) is 3.97. The van der Waals surface area contributed by atoms with Crippen molar-refractivity contribution >= 4 is 5.97 Å². The molecule has 0 amide bonds. The van der Waals surface area contributed by atoms with Crippen LogP contribution in [0, 0.1) is 12.8 Å². The van der Waals surface area contributed by atoms with Crippen molar-refractivity contribution in [2.75, 3.05) is 0 Å². The molecule has 0 N–H and O–H groups in total. The van der Waals surface area contributed by atoms with Crippen molar-refractivity contribution in [3.05, 3.63) is 12.2 Å². The zero-order chi connectivity index (χ0) is 13.4. The number of carbonyl (C=O) groups is 1. The first kappa shape index (κ1) is 12.6. The largest absolute Gasteiger partial charge is 0.460 e. The number of rotatable bonds is 4. The molecule has 2 aliphatic rings. The summed E-state index contributed by atoms with van der Waals surface area (Å²) in [6.07, 6.45) is 4.55. The summed E-state index contributed by atoms with van der Waals surface area (Å²) in [5.41, 5.74) is 0. The predicted molar refractivity (Wildman–Crippen MR) is 66.3 cm³/mol. The summed E-state index contributed by atoms with van der Waals surface area (Å²) < 4.78 is 12.9. The highest BCUT2D eigenvalue weighted by molar-refractivity contribution is 5.74. The fourth-order valence-corrected chi connectivity index (χ4v) is 2.95. The maximum absolute atomic E-state index is 12.1. The van der Waals surface area contributed by atoms with Crippen LogP contribution >= 0.6 is 0 Å². The van der Waals surface area contributed by atoms with Crippen LogP contribution in [0.5, 0.6) is 0 Å². The molecule has 19 heavy (non-hydrogen) atoms. The van der Waals surface area contributed by atoms with Gasteiger partial charge in [0.25, 0.3) is 0 Å². The fraction of sp³-hybridized carbons (Fsp3) is 0.769. The summed E-state index contributed by atoms with van der Waals surface area (Å²) in [4.78, 5) is 16.2. The summed E-state index contributed by atoms with van der Waals surface area (Å²) >= 11 is 0. The molecule has 104 valence electrons. The van der Waals surface area contributed by atoms with Gasteiger partial charge in [0.1, 0.15) is 18.3 Å². The maximum Gasteiger partial charge on any atom is 0.312 e. The third-order valence-corrected chi connectivity index (χ3v) is 3.97. The van der Waals surface area contributed by atoms with E-state index in [9.17, 15) is 4.79 Å². The Morgan fingerprint density at radius 3 is 3.05 bits per heavy atom. The lowest BCUT2D eigenvalue weighted by molar-refractivity contribution is -0.155. The van der Waals surface area contributed by atoms with Gasteiger partial charge in [-0.15, -0.1) is 0 Å². The Labute approximate surface area is 112 Å². The average molecular weight is 265 g/mol. The minimum Gasteiger partial charge on any atom is -0.460 e. The van der Waals surface area contributed by atoms with Crippen molar-refractivity contribution in [2.24, 2.45) is 5.92 Å². The van der Waals surface area contributed by atoms with Gasteiger partial charge < -0.3 is 9.47 Å². The van der Waals surface area contributed by atoms with Gasteiger partial charge in [0.05, 0.1) is 24.7 Å². The Kier molecular flexibility index (Phi) is 3.26. The Hall–Kier alpha value is -1.43. The molecule has 1 aromatic heterocycles. The Morgan fingerprint density at radius 1 is 1.63 bits per heavy atom. The van der Waals surface area contributed by atoms with Crippen LogP contribution in [0.25, 0.3) is 0 Å². The normalized spacial score (nSPS) is 30.5. The maximum atomic E-state index is 12.1. The molecule has 0 saturated carbocycles. The van der Waals surface area contributed by atoms with Crippen LogP contribution in [0.1, 0.15) is 32.0 Å². The number of nitrogens with zero attached hydrogens (tertiary/aromatic N) is 3. The van der Waals surface area contributed by atoms with Gasteiger partial charge in [-0.2, -0.15) is 5.10 Å². The van der Waals surface area contributed by atoms with E-state index < -0.39 is 0 Å². The SMILES string of the molecule is Cc1ncnn1CC(C)OC(=O)C1CC2CCC1O2. The van der Waals surface area contributed by atoms with Crippen molar-refractivity contribution < 1.29 is 14.3 Å². The van der Waals surface area contributed by atoms with E-state index in [-0.39, 0.29) is 30.2 Å². The van der Waals surface area contributed by atoms with E-state index in [1.54, 1.807) is 4.68 Å². The van der Waals surface area contributed by atoms with Crippen LogP contribution in [0.3, 0.4) is 0 Å². The third kappa shape index (κ3) is 2.49. The second-order valence-corrected chi connectivity index (χ2v) is 5.45. The zero-order valence-electron chi connectivity index (χ0n) is 11.3. The number of esters is 1. The molecule has 2 saturated heterocycles.